The van der Waals surface area contributed by atoms with E-state index in [4.69, 9.17) is 0 Å². The lowest BCUT2D eigenvalue weighted by atomic mass is 12.0. The summed E-state index contributed by atoms with van der Waals surface area (Å²) in [5.41, 5.74) is -4.34. The van der Waals surface area contributed by atoms with Gasteiger partial charge in [-0.2, -0.15) is 0 Å². The summed E-state index contributed by atoms with van der Waals surface area (Å²) in [6, 6.07) is 0. The van der Waals surface area contributed by atoms with Crippen LogP contribution >= 0.6 is 54.7 Å². The minimum absolute atomic E-state index is 1.26. The van der Waals surface area contributed by atoms with Crippen molar-refractivity contribution in [3.8, 4) is 0 Å². The van der Waals surface area contributed by atoms with E-state index in [-0.39, 0.29) is 0 Å². The summed E-state index contributed by atoms with van der Waals surface area (Å²) < 4.78 is 23.0. The predicted octanol–water partition coefficient (Wildman–Crippen LogP) is 4.74. The summed E-state index contributed by atoms with van der Waals surface area (Å²) in [7, 11) is 2.52. The van der Waals surface area contributed by atoms with Crippen LogP contribution in [0.3, 0.4) is 0 Å². The Morgan fingerprint density at radius 1 is 0.833 bits per heavy atom. The fourth-order valence-electron chi connectivity index (χ4n) is 0.182. The van der Waals surface area contributed by atoms with E-state index in [0.29, 0.717) is 0 Å². The van der Waals surface area contributed by atoms with Crippen molar-refractivity contribution >= 4 is 54.7 Å². The van der Waals surface area contributed by atoms with Crippen molar-refractivity contribution in [2.24, 2.45) is 0 Å². The molecule has 0 aromatic rings. The lowest BCUT2D eigenvalue weighted by molar-refractivity contribution is 0.596. The molecule has 2 atom stereocenters. The van der Waals surface area contributed by atoms with Crippen LogP contribution in [-0.2, 0) is 9.13 Å². The zero-order chi connectivity index (χ0) is 9.83. The highest BCUT2D eigenvalue weighted by Gasteiger charge is 2.22. The second kappa shape index (κ2) is 5.67. The third kappa shape index (κ3) is 6.33. The first-order chi connectivity index (χ1) is 5.33. The number of hydrogen-bond donors (Lipinski definition) is 0. The van der Waals surface area contributed by atoms with Gasteiger partial charge in [0.25, 0.3) is 0 Å². The second-order valence-corrected chi connectivity index (χ2v) is 21.7. The Hall–Kier alpha value is 1.86. The smallest absolute Gasteiger partial charge is 0.198 e. The van der Waals surface area contributed by atoms with Crippen LogP contribution in [0.5, 0.6) is 0 Å². The van der Waals surface area contributed by atoms with Gasteiger partial charge in [-0.05, 0) is 33.3 Å². The molecule has 0 fully saturated rings. The average molecular weight is 282 g/mol. The van der Waals surface area contributed by atoms with Gasteiger partial charge >= 0.3 is 0 Å². The molecule has 0 heterocycles. The van der Waals surface area contributed by atoms with Crippen LogP contribution in [0.4, 0.5) is 0 Å². The maximum absolute atomic E-state index is 11.5. The molecule has 0 saturated heterocycles. The summed E-state index contributed by atoms with van der Waals surface area (Å²) >= 11 is 2.69. The van der Waals surface area contributed by atoms with Crippen molar-refractivity contribution in [1.29, 1.82) is 0 Å². The quantitative estimate of drug-likeness (QED) is 0.535. The maximum Gasteiger partial charge on any atom is 0.198 e. The Morgan fingerprint density at radius 2 is 1.08 bits per heavy atom. The molecule has 2 nitrogen and oxygen atoms in total. The van der Waals surface area contributed by atoms with E-state index in [9.17, 15) is 9.13 Å². The maximum atomic E-state index is 11.5. The molecule has 8 heteroatoms. The van der Waals surface area contributed by atoms with Gasteiger partial charge in [-0.25, -0.2) is 0 Å². The Kier molecular flexibility index (Phi) is 6.55. The van der Waals surface area contributed by atoms with Crippen LogP contribution in [0.25, 0.3) is 0 Å². The predicted molar refractivity (Wildman–Crippen MR) is 69.3 cm³/mol. The summed E-state index contributed by atoms with van der Waals surface area (Å²) in [6.45, 7) is 3.41. The van der Waals surface area contributed by atoms with Crippen molar-refractivity contribution in [3.05, 3.63) is 0 Å². The Labute approximate surface area is 89.3 Å². The molecular formula is C4H12O2P2S4. The monoisotopic (exact) mass is 282 g/mol. The molecular weight excluding hydrogens is 270 g/mol. The number of rotatable bonds is 5. The highest BCUT2D eigenvalue weighted by atomic mass is 33.6. The first-order valence-corrected chi connectivity index (χ1v) is 14.3. The lowest BCUT2D eigenvalue weighted by Gasteiger charge is -2.11. The van der Waals surface area contributed by atoms with Crippen LogP contribution in [0, 0.1) is 0 Å². The molecule has 0 radical (unpaired) electrons. The molecule has 0 aromatic heterocycles. The standard InChI is InChI=1S/C4H12O2P2S4/c1-7(5,9-3)11-12-8(2,6)10-4/h1-4H3. The van der Waals surface area contributed by atoms with E-state index < -0.39 is 11.1 Å². The molecule has 0 bridgehead atoms. The molecule has 0 rings (SSSR count). The molecule has 0 aliphatic heterocycles. The van der Waals surface area contributed by atoms with E-state index in [0.717, 1.165) is 0 Å². The lowest BCUT2D eigenvalue weighted by Crippen LogP contribution is -1.61. The summed E-state index contributed by atoms with van der Waals surface area (Å²) in [6.07, 6.45) is 3.63. The Balaban J connectivity index is 4.00. The van der Waals surface area contributed by atoms with Crippen LogP contribution in [0.1, 0.15) is 0 Å². The van der Waals surface area contributed by atoms with E-state index in [2.05, 4.69) is 0 Å². The molecule has 0 aromatic carbocycles. The Morgan fingerprint density at radius 3 is 1.25 bits per heavy atom. The topological polar surface area (TPSA) is 34.1 Å². The molecule has 0 aliphatic rings. The van der Waals surface area contributed by atoms with E-state index in [1.807, 2.05) is 12.5 Å². The van der Waals surface area contributed by atoms with Crippen molar-refractivity contribution in [2.45, 2.75) is 0 Å². The zero-order valence-corrected chi connectivity index (χ0v) is 12.4. The minimum Gasteiger partial charge on any atom is -0.300 e. The summed E-state index contributed by atoms with van der Waals surface area (Å²) in [5.74, 6) is 0. The first kappa shape index (κ1) is 13.9. The Bertz CT molecular complexity index is 207. The third-order valence-electron chi connectivity index (χ3n) is 0.967. The van der Waals surface area contributed by atoms with Gasteiger partial charge < -0.3 is 0 Å². The van der Waals surface area contributed by atoms with Crippen LogP contribution in [-0.4, -0.2) is 25.8 Å². The second-order valence-electron chi connectivity index (χ2n) is 2.06. The van der Waals surface area contributed by atoms with Gasteiger partial charge in [0.05, 0.1) is 0 Å². The molecule has 0 spiro atoms. The van der Waals surface area contributed by atoms with Crippen molar-refractivity contribution in [2.75, 3.05) is 25.8 Å². The largest absolute Gasteiger partial charge is 0.300 e. The first-order valence-electron chi connectivity index (χ1n) is 2.97. The van der Waals surface area contributed by atoms with Crippen molar-refractivity contribution < 1.29 is 9.13 Å². The van der Waals surface area contributed by atoms with Crippen LogP contribution in [0.2, 0.25) is 0 Å². The van der Waals surface area contributed by atoms with Gasteiger partial charge in [0.15, 0.2) is 11.1 Å². The van der Waals surface area contributed by atoms with Gasteiger partial charge in [0.1, 0.15) is 0 Å². The molecule has 0 aliphatic carbocycles. The van der Waals surface area contributed by atoms with E-state index >= 15 is 0 Å². The summed E-state index contributed by atoms with van der Waals surface area (Å²) in [4.78, 5) is 0. The SMILES string of the molecule is CSP(C)(=O)SSP(C)(=O)SC. The number of hydrogen-bond acceptors (Lipinski definition) is 6. The average Bonchev–Trinajstić information content (AvgIpc) is 2.02. The molecule has 2 unspecified atom stereocenters. The van der Waals surface area contributed by atoms with E-state index in [1.54, 1.807) is 13.3 Å². The van der Waals surface area contributed by atoms with Crippen molar-refractivity contribution in [3.63, 3.8) is 0 Å². The highest BCUT2D eigenvalue weighted by Crippen LogP contribution is 2.80. The van der Waals surface area contributed by atoms with Crippen LogP contribution < -0.4 is 0 Å². The fourth-order valence-corrected chi connectivity index (χ4v) is 19.1. The molecule has 0 amide bonds. The zero-order valence-electron chi connectivity index (χ0n) is 7.34. The fraction of sp³-hybridized carbons (Fsp3) is 1.00. The van der Waals surface area contributed by atoms with Crippen molar-refractivity contribution in [1.82, 2.24) is 0 Å². The molecule has 74 valence electrons. The van der Waals surface area contributed by atoms with Gasteiger partial charge in [0, 0.05) is 13.3 Å². The third-order valence-corrected chi connectivity index (χ3v) is 22.0. The van der Waals surface area contributed by atoms with Gasteiger partial charge in [-0.3, -0.25) is 9.13 Å². The molecule has 12 heavy (non-hydrogen) atoms. The van der Waals surface area contributed by atoms with Gasteiger partial charge in [-0.1, -0.05) is 22.8 Å². The molecule has 0 N–H and O–H groups in total. The van der Waals surface area contributed by atoms with Gasteiger partial charge in [0.2, 0.25) is 0 Å². The minimum atomic E-state index is -2.17. The van der Waals surface area contributed by atoms with Crippen LogP contribution in [0.15, 0.2) is 0 Å². The van der Waals surface area contributed by atoms with E-state index in [1.165, 1.54) is 43.6 Å². The molecule has 0 saturated carbocycles. The summed E-state index contributed by atoms with van der Waals surface area (Å²) in [5, 5.41) is 0. The van der Waals surface area contributed by atoms with Gasteiger partial charge in [-0.15, -0.1) is 0 Å². The highest BCUT2D eigenvalue weighted by molar-refractivity contribution is 9.27. The normalized spacial score (nSPS) is 21.3.